The average Bonchev–Trinajstić information content (AvgIpc) is 0.787. The van der Waals surface area contributed by atoms with Gasteiger partial charge in [-0.1, -0.05) is 413 Å². The molecule has 23 aromatic carbocycles. The Morgan fingerprint density at radius 2 is 0.305 bits per heavy atom. The normalized spacial score (nSPS) is 11.1. The molecule has 0 atom stereocenters. The molecule has 0 N–H and O–H groups in total. The number of benzene rings is 23. The van der Waals surface area contributed by atoms with Gasteiger partial charge in [-0.3, -0.25) is 9.97 Å². The fourth-order valence-electron chi connectivity index (χ4n) is 19.6. The highest BCUT2D eigenvalue weighted by Gasteiger charge is 2.21. The van der Waals surface area contributed by atoms with E-state index in [9.17, 15) is 0 Å². The second kappa shape index (κ2) is 39.7. The lowest BCUT2D eigenvalue weighted by Crippen LogP contribution is -2.10. The molecule has 0 radical (unpaired) electrons. The van der Waals surface area contributed by atoms with E-state index in [1.165, 1.54) is 154 Å². The molecule has 0 unspecified atom stereocenters. The third kappa shape index (κ3) is 18.7. The van der Waals surface area contributed by atoms with Gasteiger partial charge in [0, 0.05) is 74.7 Å². The number of fused-ring (bicyclic) bond motifs is 9. The molecule has 0 spiro atoms. The van der Waals surface area contributed by atoms with Crippen molar-refractivity contribution in [3.05, 3.63) is 577 Å². The van der Waals surface area contributed by atoms with Crippen LogP contribution in [0, 0.1) is 0 Å². The zero-order valence-electron chi connectivity index (χ0n) is 77.6. The van der Waals surface area contributed by atoms with Gasteiger partial charge in [-0.15, -0.1) is 0 Å². The Morgan fingerprint density at radius 3 is 0.631 bits per heavy atom. The highest BCUT2D eigenvalue weighted by atomic mass is 15.2. The van der Waals surface area contributed by atoms with Crippen molar-refractivity contribution in [1.82, 2.24) is 9.97 Å². The van der Waals surface area contributed by atoms with Gasteiger partial charge >= 0.3 is 0 Å². The van der Waals surface area contributed by atoms with E-state index >= 15 is 0 Å². The molecule has 0 saturated carbocycles. The van der Waals surface area contributed by atoms with Gasteiger partial charge in [0.2, 0.25) is 0 Å². The number of rotatable bonds is 19. The maximum absolute atomic E-state index is 4.52. The molecule has 0 bridgehead atoms. The molecule has 0 amide bonds. The summed E-state index contributed by atoms with van der Waals surface area (Å²) in [5.41, 5.74) is 33.3. The zero-order chi connectivity index (χ0) is 94.0. The summed E-state index contributed by atoms with van der Waals surface area (Å²) >= 11 is 0. The summed E-state index contributed by atoms with van der Waals surface area (Å²) in [7, 11) is 0. The molecule has 25 rings (SSSR count). The lowest BCUT2D eigenvalue weighted by Gasteiger charge is -2.26. The first-order chi connectivity index (χ1) is 69.9. The molecule has 5 heteroatoms. The summed E-state index contributed by atoms with van der Waals surface area (Å²) in [5.74, 6) is 0. The Balaban J connectivity index is 0.000000119. The summed E-state index contributed by atoms with van der Waals surface area (Å²) < 4.78 is 0. The number of pyridine rings is 2. The van der Waals surface area contributed by atoms with Crippen molar-refractivity contribution in [3.8, 4) is 112 Å². The van der Waals surface area contributed by atoms with Gasteiger partial charge in [-0.25, -0.2) is 0 Å². The van der Waals surface area contributed by atoms with Crippen LogP contribution in [-0.4, -0.2) is 9.97 Å². The highest BCUT2D eigenvalue weighted by molar-refractivity contribution is 6.12. The SMILES string of the molecule is c1ccc(-c2ccc(N(c3ccc(-c4ccccc4)cc3)c3ccc(-c4ccc(-c5ccc6ccc7ccccc7c6c5)cc4)cc3)cc2)cc1.c1ccc(-c2ccc(N(c3ccc(-c4ccccc4)cc3)c3cccc(-c4cccc(-c5ccc6ccc7ccccc7c6c5)c4)c3)cc2)cc1.c1ccc(-c2ccc(N(c3ccc(-c4ccccn4)cc3)c3ccc4ccc5ccccc5c4c3)cc2)nc1. The van der Waals surface area contributed by atoms with Crippen molar-refractivity contribution in [1.29, 1.82) is 0 Å². The summed E-state index contributed by atoms with van der Waals surface area (Å²) in [6.45, 7) is 0. The van der Waals surface area contributed by atoms with Gasteiger partial charge in [0.15, 0.2) is 0 Å². The van der Waals surface area contributed by atoms with E-state index in [0.29, 0.717) is 0 Å². The second-order valence-corrected chi connectivity index (χ2v) is 35.6. The van der Waals surface area contributed by atoms with E-state index in [-0.39, 0.29) is 0 Å². The van der Waals surface area contributed by atoms with Crippen LogP contribution in [0.2, 0.25) is 0 Å². The monoisotopic (exact) mass is 1800 g/mol. The quantitative estimate of drug-likeness (QED) is 0.0754. The number of anilines is 9. The molecule has 25 aromatic rings. The molecule has 2 heterocycles. The minimum Gasteiger partial charge on any atom is -0.311 e. The molecule has 141 heavy (non-hydrogen) atoms. The minimum atomic E-state index is 0.965. The fourth-order valence-corrected chi connectivity index (χ4v) is 19.6. The standard InChI is InChI=1S/2C50H35N.C36H25N3/c1-3-11-36(12-4-1)38-25-29-46(30-26-38)51(47-31-27-39(28-32-47)37-13-5-2-6-14-37)48-19-10-18-44(34-48)42-16-9-17-43(33-42)45-24-23-41-22-21-40-15-7-8-20-49(40)50(41)35-45;1-3-9-36(10-4-1)39-23-29-46(30-24-39)51(47-31-25-40(26-32-47)37-11-5-2-6-12-37)48-33-27-41(28-34-48)38-15-17-42(18-16-38)45-22-21-44-20-19-43-13-7-8-14-49(43)50(44)35-45;1-2-8-33-26(7-1)11-12-27-13-22-32(25-34(27)33)39(30-18-14-28(15-19-30)35-9-3-5-23-37-35)31-20-16-29(17-21-31)36-10-4-6-24-38-36/h2*1-35H;1-25H. The Hall–Kier alpha value is -18.7. The van der Waals surface area contributed by atoms with Crippen LogP contribution in [0.4, 0.5) is 51.2 Å². The van der Waals surface area contributed by atoms with E-state index in [4.69, 9.17) is 0 Å². The topological polar surface area (TPSA) is 35.5 Å². The van der Waals surface area contributed by atoms with Crippen molar-refractivity contribution < 1.29 is 0 Å². The van der Waals surface area contributed by atoms with Gasteiger partial charge in [-0.05, 0) is 305 Å². The van der Waals surface area contributed by atoms with Gasteiger partial charge in [0.25, 0.3) is 0 Å². The fraction of sp³-hybridized carbons (Fsp3) is 0. The Labute approximate surface area is 822 Å². The van der Waals surface area contributed by atoms with Crippen LogP contribution in [0.1, 0.15) is 0 Å². The van der Waals surface area contributed by atoms with Crippen molar-refractivity contribution in [2.75, 3.05) is 14.7 Å². The third-order valence-electron chi connectivity index (χ3n) is 26.9. The molecule has 0 aliphatic rings. The van der Waals surface area contributed by atoms with Crippen LogP contribution < -0.4 is 14.7 Å². The van der Waals surface area contributed by atoms with Crippen LogP contribution in [-0.2, 0) is 0 Å². The molecule has 664 valence electrons. The molecule has 0 aliphatic heterocycles. The maximum Gasteiger partial charge on any atom is 0.0701 e. The molecular formula is C136H95N5. The van der Waals surface area contributed by atoms with E-state index in [1.54, 1.807) is 0 Å². The summed E-state index contributed by atoms with van der Waals surface area (Å²) in [6.07, 6.45) is 3.66. The number of hydrogen-bond donors (Lipinski definition) is 0. The molecular weight excluding hydrogens is 1700 g/mol. The molecule has 0 aliphatic carbocycles. The van der Waals surface area contributed by atoms with E-state index in [0.717, 1.165) is 73.7 Å². The molecule has 0 fully saturated rings. The Bertz CT molecular complexity index is 8430. The number of hydrogen-bond acceptors (Lipinski definition) is 5. The molecule has 5 nitrogen and oxygen atoms in total. The predicted octanol–water partition coefficient (Wildman–Crippen LogP) is 37.8. The Morgan fingerprint density at radius 1 is 0.106 bits per heavy atom. The lowest BCUT2D eigenvalue weighted by atomic mass is 9.95. The van der Waals surface area contributed by atoms with Gasteiger partial charge < -0.3 is 14.7 Å². The second-order valence-electron chi connectivity index (χ2n) is 35.6. The van der Waals surface area contributed by atoms with Crippen LogP contribution in [0.25, 0.3) is 176 Å². The van der Waals surface area contributed by atoms with Crippen molar-refractivity contribution in [3.63, 3.8) is 0 Å². The maximum atomic E-state index is 4.52. The smallest absolute Gasteiger partial charge is 0.0701 e. The van der Waals surface area contributed by atoms with Crippen molar-refractivity contribution in [2.45, 2.75) is 0 Å². The first-order valence-electron chi connectivity index (χ1n) is 48.1. The summed E-state index contributed by atoms with van der Waals surface area (Å²) in [6, 6.07) is 202. The lowest BCUT2D eigenvalue weighted by molar-refractivity contribution is 1.28. The first-order valence-corrected chi connectivity index (χ1v) is 48.1. The van der Waals surface area contributed by atoms with Crippen LogP contribution in [0.5, 0.6) is 0 Å². The third-order valence-corrected chi connectivity index (χ3v) is 26.9. The zero-order valence-corrected chi connectivity index (χ0v) is 77.6. The Kier molecular flexibility index (Phi) is 24.3. The van der Waals surface area contributed by atoms with Gasteiger partial charge in [0.1, 0.15) is 0 Å². The molecule has 0 saturated heterocycles. The highest BCUT2D eigenvalue weighted by Crippen LogP contribution is 2.45. The van der Waals surface area contributed by atoms with Crippen LogP contribution in [0.15, 0.2) is 577 Å². The predicted molar refractivity (Wildman–Crippen MR) is 598 cm³/mol. The van der Waals surface area contributed by atoms with E-state index in [1.807, 2.05) is 48.8 Å². The van der Waals surface area contributed by atoms with E-state index in [2.05, 4.69) is 552 Å². The van der Waals surface area contributed by atoms with Crippen molar-refractivity contribution >= 4 is 116 Å². The largest absolute Gasteiger partial charge is 0.311 e. The summed E-state index contributed by atoms with van der Waals surface area (Å²) in [4.78, 5) is 16.0. The van der Waals surface area contributed by atoms with Gasteiger partial charge in [-0.2, -0.15) is 0 Å². The van der Waals surface area contributed by atoms with Crippen LogP contribution in [0.3, 0.4) is 0 Å². The van der Waals surface area contributed by atoms with Crippen LogP contribution >= 0.6 is 0 Å². The number of nitrogens with zero attached hydrogens (tertiary/aromatic N) is 5. The average molecular weight is 1800 g/mol. The molecule has 2 aromatic heterocycles. The number of aromatic nitrogens is 2. The van der Waals surface area contributed by atoms with Gasteiger partial charge in [0.05, 0.1) is 11.4 Å². The first kappa shape index (κ1) is 86.4. The van der Waals surface area contributed by atoms with E-state index < -0.39 is 0 Å². The summed E-state index contributed by atoms with van der Waals surface area (Å²) in [5, 5.41) is 15.2. The minimum absolute atomic E-state index is 0.965. The van der Waals surface area contributed by atoms with Crippen molar-refractivity contribution in [2.24, 2.45) is 0 Å².